The molecule has 1 atom stereocenters. The Balaban J connectivity index is 1.93. The Bertz CT molecular complexity index is 574. The molecule has 0 radical (unpaired) electrons. The van der Waals surface area contributed by atoms with Crippen LogP contribution in [0.4, 0.5) is 5.82 Å². The molecule has 6 nitrogen and oxygen atoms in total. The van der Waals surface area contributed by atoms with E-state index < -0.39 is 0 Å². The summed E-state index contributed by atoms with van der Waals surface area (Å²) in [5.74, 6) is 1.60. The summed E-state index contributed by atoms with van der Waals surface area (Å²) in [6.45, 7) is 5.65. The van der Waals surface area contributed by atoms with Crippen LogP contribution in [-0.2, 0) is 17.6 Å². The number of anilines is 1. The summed E-state index contributed by atoms with van der Waals surface area (Å²) in [5.41, 5.74) is 7.95. The molecule has 0 aliphatic carbocycles. The summed E-state index contributed by atoms with van der Waals surface area (Å²) < 4.78 is 0. The smallest absolute Gasteiger partial charge is 0.222 e. The van der Waals surface area contributed by atoms with Crippen molar-refractivity contribution in [2.24, 2.45) is 11.7 Å². The molecular formula is C16H25N5O. The number of carbonyl (C=O) groups is 1. The van der Waals surface area contributed by atoms with Gasteiger partial charge in [0.15, 0.2) is 0 Å². The first kappa shape index (κ1) is 15.2. The van der Waals surface area contributed by atoms with Crippen molar-refractivity contribution in [1.29, 1.82) is 0 Å². The molecule has 0 bridgehead atoms. The van der Waals surface area contributed by atoms with Crippen molar-refractivity contribution >= 4 is 11.7 Å². The number of carbonyl (C=O) groups excluding carboxylic acids is 1. The Morgan fingerprint density at radius 2 is 2.00 bits per heavy atom. The molecule has 1 aromatic heterocycles. The van der Waals surface area contributed by atoms with Crippen LogP contribution in [0.2, 0.25) is 0 Å². The predicted octanol–water partition coefficient (Wildman–Crippen LogP) is 0.517. The monoisotopic (exact) mass is 303 g/mol. The zero-order valence-corrected chi connectivity index (χ0v) is 13.5. The highest BCUT2D eigenvalue weighted by Gasteiger charge is 2.28. The van der Waals surface area contributed by atoms with Crippen LogP contribution in [0.25, 0.3) is 0 Å². The van der Waals surface area contributed by atoms with Crippen molar-refractivity contribution < 1.29 is 4.79 Å². The second-order valence-corrected chi connectivity index (χ2v) is 6.51. The zero-order valence-electron chi connectivity index (χ0n) is 13.5. The van der Waals surface area contributed by atoms with E-state index in [2.05, 4.69) is 21.8 Å². The van der Waals surface area contributed by atoms with Gasteiger partial charge in [-0.05, 0) is 33.2 Å². The van der Waals surface area contributed by atoms with Crippen molar-refractivity contribution in [3.63, 3.8) is 0 Å². The molecule has 2 aliphatic rings. The predicted molar refractivity (Wildman–Crippen MR) is 85.8 cm³/mol. The Morgan fingerprint density at radius 1 is 1.23 bits per heavy atom. The van der Waals surface area contributed by atoms with Crippen LogP contribution < -0.4 is 10.6 Å². The third kappa shape index (κ3) is 3.06. The van der Waals surface area contributed by atoms with Gasteiger partial charge in [-0.2, -0.15) is 0 Å². The third-order valence-electron chi connectivity index (χ3n) is 4.78. The molecule has 0 saturated carbocycles. The molecule has 2 aliphatic heterocycles. The first-order valence-corrected chi connectivity index (χ1v) is 8.14. The fourth-order valence-corrected chi connectivity index (χ4v) is 3.48. The van der Waals surface area contributed by atoms with Crippen molar-refractivity contribution in [2.45, 2.75) is 32.6 Å². The molecule has 0 spiro atoms. The maximum Gasteiger partial charge on any atom is 0.222 e. The van der Waals surface area contributed by atoms with E-state index in [0.717, 1.165) is 57.0 Å². The fourth-order valence-electron chi connectivity index (χ4n) is 3.48. The summed E-state index contributed by atoms with van der Waals surface area (Å²) in [4.78, 5) is 25.5. The van der Waals surface area contributed by atoms with Gasteiger partial charge in [0.05, 0.1) is 11.6 Å². The summed E-state index contributed by atoms with van der Waals surface area (Å²) >= 11 is 0. The minimum atomic E-state index is -0.193. The number of likely N-dealkylation sites (N-methyl/N-ethyl adjacent to an activating group) is 1. The van der Waals surface area contributed by atoms with Crippen molar-refractivity contribution in [3.05, 3.63) is 17.1 Å². The summed E-state index contributed by atoms with van der Waals surface area (Å²) in [6, 6.07) is 0. The quantitative estimate of drug-likeness (QED) is 0.862. The van der Waals surface area contributed by atoms with Gasteiger partial charge in [-0.3, -0.25) is 4.79 Å². The highest BCUT2D eigenvalue weighted by atomic mass is 16.1. The molecule has 0 aromatic carbocycles. The molecule has 22 heavy (non-hydrogen) atoms. The van der Waals surface area contributed by atoms with Crippen molar-refractivity contribution in [2.75, 3.05) is 38.1 Å². The summed E-state index contributed by atoms with van der Waals surface area (Å²) in [5, 5.41) is 0. The number of nitrogens with two attached hydrogens (primary N) is 1. The van der Waals surface area contributed by atoms with E-state index in [0.29, 0.717) is 6.54 Å². The molecule has 6 heteroatoms. The SMILES string of the molecule is Cc1nc2c(c(N3CCCC(C(N)=O)C3)n1)CCN(C)CC2. The lowest BCUT2D eigenvalue weighted by Crippen LogP contribution is -2.42. The molecule has 1 amide bonds. The molecule has 1 unspecified atom stereocenters. The minimum absolute atomic E-state index is 0.0619. The van der Waals surface area contributed by atoms with Gasteiger partial charge in [0.1, 0.15) is 11.6 Å². The van der Waals surface area contributed by atoms with Gasteiger partial charge in [-0.1, -0.05) is 0 Å². The number of fused-ring (bicyclic) bond motifs is 1. The lowest BCUT2D eigenvalue weighted by atomic mass is 9.96. The Kier molecular flexibility index (Phi) is 4.29. The molecule has 1 saturated heterocycles. The van der Waals surface area contributed by atoms with Gasteiger partial charge in [-0.25, -0.2) is 9.97 Å². The van der Waals surface area contributed by atoms with E-state index in [1.54, 1.807) is 0 Å². The number of primary amides is 1. The largest absolute Gasteiger partial charge is 0.369 e. The van der Waals surface area contributed by atoms with E-state index in [4.69, 9.17) is 10.7 Å². The second kappa shape index (κ2) is 6.20. The normalized spacial score (nSPS) is 23.0. The maximum atomic E-state index is 11.5. The maximum absolute atomic E-state index is 11.5. The first-order valence-electron chi connectivity index (χ1n) is 8.14. The van der Waals surface area contributed by atoms with Crippen LogP contribution in [0.3, 0.4) is 0 Å². The van der Waals surface area contributed by atoms with Crippen molar-refractivity contribution in [1.82, 2.24) is 14.9 Å². The molecule has 3 rings (SSSR count). The minimum Gasteiger partial charge on any atom is -0.369 e. The number of amides is 1. The van der Waals surface area contributed by atoms with Gasteiger partial charge in [0.2, 0.25) is 5.91 Å². The Hall–Kier alpha value is -1.69. The average molecular weight is 303 g/mol. The standard InChI is InChI=1S/C16H25N5O/c1-11-18-14-6-9-20(2)8-5-13(14)16(19-11)21-7-3-4-12(10-21)15(17)22/h12H,3-10H2,1-2H3,(H2,17,22). The van der Waals surface area contributed by atoms with Crippen LogP contribution in [0.15, 0.2) is 0 Å². The number of nitrogens with zero attached hydrogens (tertiary/aromatic N) is 4. The van der Waals surface area contributed by atoms with E-state index in [1.165, 1.54) is 11.3 Å². The Morgan fingerprint density at radius 3 is 2.77 bits per heavy atom. The van der Waals surface area contributed by atoms with Crippen LogP contribution in [-0.4, -0.2) is 54.0 Å². The van der Waals surface area contributed by atoms with Crippen molar-refractivity contribution in [3.8, 4) is 0 Å². The van der Waals surface area contributed by atoms with Crippen LogP contribution >= 0.6 is 0 Å². The highest BCUT2D eigenvalue weighted by molar-refractivity contribution is 5.77. The molecular weight excluding hydrogens is 278 g/mol. The molecule has 120 valence electrons. The zero-order chi connectivity index (χ0) is 15.7. The second-order valence-electron chi connectivity index (χ2n) is 6.51. The van der Waals surface area contributed by atoms with Crippen LogP contribution in [0.1, 0.15) is 29.9 Å². The molecule has 3 heterocycles. The van der Waals surface area contributed by atoms with Gasteiger partial charge in [0.25, 0.3) is 0 Å². The number of piperidine rings is 1. The number of hydrogen-bond donors (Lipinski definition) is 1. The number of aryl methyl sites for hydroxylation is 1. The molecule has 1 aromatic rings. The fraction of sp³-hybridized carbons (Fsp3) is 0.688. The van der Waals surface area contributed by atoms with Gasteiger partial charge in [0, 0.05) is 38.2 Å². The summed E-state index contributed by atoms with van der Waals surface area (Å²) in [6.07, 6.45) is 3.82. The lowest BCUT2D eigenvalue weighted by Gasteiger charge is -2.33. The molecule has 1 fully saturated rings. The van der Waals surface area contributed by atoms with Crippen LogP contribution in [0, 0.1) is 12.8 Å². The number of hydrogen-bond acceptors (Lipinski definition) is 5. The van der Waals surface area contributed by atoms with Gasteiger partial charge < -0.3 is 15.5 Å². The van der Waals surface area contributed by atoms with E-state index in [9.17, 15) is 4.79 Å². The Labute approximate surface area is 131 Å². The van der Waals surface area contributed by atoms with Gasteiger partial charge in [-0.15, -0.1) is 0 Å². The summed E-state index contributed by atoms with van der Waals surface area (Å²) in [7, 11) is 2.15. The first-order chi connectivity index (χ1) is 10.5. The van der Waals surface area contributed by atoms with E-state index in [1.807, 2.05) is 6.92 Å². The van der Waals surface area contributed by atoms with E-state index >= 15 is 0 Å². The lowest BCUT2D eigenvalue weighted by molar-refractivity contribution is -0.122. The van der Waals surface area contributed by atoms with Crippen LogP contribution in [0.5, 0.6) is 0 Å². The highest BCUT2D eigenvalue weighted by Crippen LogP contribution is 2.28. The third-order valence-corrected chi connectivity index (χ3v) is 4.78. The number of rotatable bonds is 2. The number of aromatic nitrogens is 2. The average Bonchev–Trinajstić information content (AvgIpc) is 2.69. The van der Waals surface area contributed by atoms with E-state index in [-0.39, 0.29) is 11.8 Å². The topological polar surface area (TPSA) is 75.4 Å². The molecule has 2 N–H and O–H groups in total. The van der Waals surface area contributed by atoms with Gasteiger partial charge >= 0.3 is 0 Å².